The number of nitrogens with one attached hydrogen (secondary N) is 1. The van der Waals surface area contributed by atoms with Crippen molar-refractivity contribution in [1.82, 2.24) is 19.6 Å². The number of carbonyl (C=O) groups excluding carboxylic acids is 1. The molecule has 1 N–H and O–H groups in total. The Bertz CT molecular complexity index is 774. The van der Waals surface area contributed by atoms with Crippen molar-refractivity contribution in [3.8, 4) is 0 Å². The fourth-order valence-corrected chi connectivity index (χ4v) is 2.56. The Morgan fingerprint density at radius 1 is 1.36 bits per heavy atom. The van der Waals surface area contributed by atoms with E-state index >= 15 is 0 Å². The predicted molar refractivity (Wildman–Crippen MR) is 81.2 cm³/mol. The number of aromatic nitrogens is 4. The van der Waals surface area contributed by atoms with Crippen molar-refractivity contribution >= 4 is 29.1 Å². The minimum Gasteiger partial charge on any atom is -0.326 e. The van der Waals surface area contributed by atoms with Crippen LogP contribution in [0.25, 0.3) is 5.78 Å². The van der Waals surface area contributed by atoms with Crippen molar-refractivity contribution < 1.29 is 9.18 Å². The third-order valence-corrected chi connectivity index (χ3v) is 3.61. The molecular weight excluding hydrogens is 305 g/mol. The summed E-state index contributed by atoms with van der Waals surface area (Å²) >= 11 is 1.37. The van der Waals surface area contributed by atoms with E-state index in [1.54, 1.807) is 35.1 Å². The summed E-state index contributed by atoms with van der Waals surface area (Å²) in [6.07, 6.45) is 3.69. The van der Waals surface area contributed by atoms with E-state index in [0.717, 1.165) is 0 Å². The van der Waals surface area contributed by atoms with E-state index < -0.39 is 0 Å². The zero-order valence-corrected chi connectivity index (χ0v) is 12.3. The predicted octanol–water partition coefficient (Wildman–Crippen LogP) is 2.38. The number of amides is 1. The monoisotopic (exact) mass is 317 g/mol. The normalized spacial score (nSPS) is 10.8. The molecule has 112 valence electrons. The molecule has 0 aliphatic heterocycles. The highest BCUT2D eigenvalue weighted by Crippen LogP contribution is 2.15. The molecule has 6 nitrogen and oxygen atoms in total. The number of fused-ring (bicyclic) bond motifs is 1. The van der Waals surface area contributed by atoms with Gasteiger partial charge in [-0.15, -0.1) is 5.10 Å². The van der Waals surface area contributed by atoms with Crippen LogP contribution in [0.1, 0.15) is 6.42 Å². The van der Waals surface area contributed by atoms with Gasteiger partial charge in [0, 0.05) is 30.3 Å². The van der Waals surface area contributed by atoms with E-state index in [2.05, 4.69) is 20.4 Å². The van der Waals surface area contributed by atoms with Crippen LogP contribution in [0.15, 0.2) is 47.9 Å². The summed E-state index contributed by atoms with van der Waals surface area (Å²) in [6.45, 7) is 0. The molecule has 0 aliphatic carbocycles. The summed E-state index contributed by atoms with van der Waals surface area (Å²) in [5.74, 6) is 0.487. The second kappa shape index (κ2) is 6.52. The average molecular weight is 317 g/mol. The largest absolute Gasteiger partial charge is 0.326 e. The Morgan fingerprint density at radius 3 is 3.09 bits per heavy atom. The molecule has 3 rings (SSSR count). The molecule has 0 spiro atoms. The summed E-state index contributed by atoms with van der Waals surface area (Å²) in [5, 5.41) is 7.44. The molecule has 0 saturated heterocycles. The van der Waals surface area contributed by atoms with Crippen LogP contribution in [-0.2, 0) is 4.79 Å². The smallest absolute Gasteiger partial charge is 0.253 e. The SMILES string of the molecule is O=C(CCSc1nc2ncccn2n1)Nc1cccc(F)c1. The van der Waals surface area contributed by atoms with E-state index in [0.29, 0.717) is 22.4 Å². The summed E-state index contributed by atoms with van der Waals surface area (Å²) in [6, 6.07) is 7.56. The maximum absolute atomic E-state index is 13.0. The van der Waals surface area contributed by atoms with Gasteiger partial charge in [0.2, 0.25) is 11.1 Å². The standard InChI is InChI=1S/C14H12FN5OS/c15-10-3-1-4-11(9-10)17-12(21)5-8-22-14-18-13-16-6-2-7-20(13)19-14/h1-4,6-7,9H,5,8H2,(H,17,21). The molecule has 0 fully saturated rings. The fourth-order valence-electron chi connectivity index (χ4n) is 1.80. The van der Waals surface area contributed by atoms with Gasteiger partial charge in [0.05, 0.1) is 0 Å². The molecule has 0 aliphatic rings. The van der Waals surface area contributed by atoms with E-state index in [9.17, 15) is 9.18 Å². The van der Waals surface area contributed by atoms with Gasteiger partial charge in [-0.2, -0.15) is 4.98 Å². The molecule has 2 aromatic heterocycles. The number of carbonyl (C=O) groups is 1. The Hall–Kier alpha value is -2.48. The van der Waals surface area contributed by atoms with Crippen LogP contribution in [0, 0.1) is 5.82 Å². The van der Waals surface area contributed by atoms with Gasteiger partial charge in [-0.1, -0.05) is 17.8 Å². The van der Waals surface area contributed by atoms with E-state index in [-0.39, 0.29) is 18.1 Å². The molecular formula is C14H12FN5OS. The first-order valence-electron chi connectivity index (χ1n) is 6.56. The van der Waals surface area contributed by atoms with E-state index in [1.807, 2.05) is 0 Å². The number of anilines is 1. The third-order valence-electron chi connectivity index (χ3n) is 2.77. The van der Waals surface area contributed by atoms with Gasteiger partial charge in [0.15, 0.2) is 0 Å². The molecule has 8 heteroatoms. The van der Waals surface area contributed by atoms with Crippen molar-refractivity contribution in [3.05, 3.63) is 48.5 Å². The number of rotatable bonds is 5. The van der Waals surface area contributed by atoms with Crippen molar-refractivity contribution in [3.63, 3.8) is 0 Å². The molecule has 1 amide bonds. The van der Waals surface area contributed by atoms with Crippen LogP contribution in [0.3, 0.4) is 0 Å². The highest BCUT2D eigenvalue weighted by Gasteiger charge is 2.07. The van der Waals surface area contributed by atoms with Crippen molar-refractivity contribution in [2.75, 3.05) is 11.1 Å². The first kappa shape index (κ1) is 14.5. The Morgan fingerprint density at radius 2 is 2.27 bits per heavy atom. The zero-order valence-electron chi connectivity index (χ0n) is 11.4. The lowest BCUT2D eigenvalue weighted by atomic mass is 10.3. The fraction of sp³-hybridized carbons (Fsp3) is 0.143. The van der Waals surface area contributed by atoms with Gasteiger partial charge in [0.25, 0.3) is 5.78 Å². The summed E-state index contributed by atoms with van der Waals surface area (Å²) in [7, 11) is 0. The Labute approximate surface area is 129 Å². The molecule has 0 unspecified atom stereocenters. The summed E-state index contributed by atoms with van der Waals surface area (Å²) in [4.78, 5) is 20.1. The molecule has 2 heterocycles. The molecule has 0 atom stereocenters. The summed E-state index contributed by atoms with van der Waals surface area (Å²) < 4.78 is 14.6. The number of halogens is 1. The highest BCUT2D eigenvalue weighted by atomic mass is 32.2. The molecule has 0 saturated carbocycles. The average Bonchev–Trinajstić information content (AvgIpc) is 2.90. The van der Waals surface area contributed by atoms with Crippen molar-refractivity contribution in [2.24, 2.45) is 0 Å². The number of nitrogens with zero attached hydrogens (tertiary/aromatic N) is 4. The number of thioether (sulfide) groups is 1. The molecule has 0 bridgehead atoms. The van der Waals surface area contributed by atoms with E-state index in [1.165, 1.54) is 23.9 Å². The quantitative estimate of drug-likeness (QED) is 0.732. The number of hydrogen-bond donors (Lipinski definition) is 1. The molecule has 1 aromatic carbocycles. The topological polar surface area (TPSA) is 72.2 Å². The lowest BCUT2D eigenvalue weighted by Crippen LogP contribution is -2.12. The van der Waals surface area contributed by atoms with Crippen molar-refractivity contribution in [1.29, 1.82) is 0 Å². The first-order valence-corrected chi connectivity index (χ1v) is 7.55. The first-order chi connectivity index (χ1) is 10.7. The van der Waals surface area contributed by atoms with Crippen LogP contribution in [0.4, 0.5) is 10.1 Å². The van der Waals surface area contributed by atoms with Gasteiger partial charge in [-0.3, -0.25) is 4.79 Å². The lowest BCUT2D eigenvalue weighted by Gasteiger charge is -2.04. The third kappa shape index (κ3) is 3.59. The van der Waals surface area contributed by atoms with Crippen LogP contribution >= 0.6 is 11.8 Å². The lowest BCUT2D eigenvalue weighted by molar-refractivity contribution is -0.115. The number of benzene rings is 1. The van der Waals surface area contributed by atoms with Gasteiger partial charge < -0.3 is 5.32 Å². The molecule has 22 heavy (non-hydrogen) atoms. The van der Waals surface area contributed by atoms with Crippen LogP contribution in [0.5, 0.6) is 0 Å². The van der Waals surface area contributed by atoms with Crippen LogP contribution in [0.2, 0.25) is 0 Å². The highest BCUT2D eigenvalue weighted by molar-refractivity contribution is 7.99. The van der Waals surface area contributed by atoms with Crippen LogP contribution in [-0.4, -0.2) is 31.2 Å². The van der Waals surface area contributed by atoms with Gasteiger partial charge in [-0.05, 0) is 24.3 Å². The number of hydrogen-bond acceptors (Lipinski definition) is 5. The zero-order chi connectivity index (χ0) is 15.4. The van der Waals surface area contributed by atoms with Gasteiger partial charge in [0.1, 0.15) is 5.82 Å². The summed E-state index contributed by atoms with van der Waals surface area (Å²) in [5.41, 5.74) is 0.449. The Kier molecular flexibility index (Phi) is 4.29. The van der Waals surface area contributed by atoms with Crippen LogP contribution < -0.4 is 5.32 Å². The molecule has 3 aromatic rings. The maximum Gasteiger partial charge on any atom is 0.253 e. The minimum absolute atomic E-state index is 0.181. The van der Waals surface area contributed by atoms with Gasteiger partial charge >= 0.3 is 0 Å². The molecule has 0 radical (unpaired) electrons. The van der Waals surface area contributed by atoms with Gasteiger partial charge in [-0.25, -0.2) is 13.9 Å². The Balaban J connectivity index is 1.51. The second-order valence-corrected chi connectivity index (χ2v) is 5.48. The van der Waals surface area contributed by atoms with E-state index in [4.69, 9.17) is 0 Å². The maximum atomic E-state index is 13.0. The minimum atomic E-state index is -0.381. The van der Waals surface area contributed by atoms with Crippen molar-refractivity contribution in [2.45, 2.75) is 11.6 Å². The second-order valence-electron chi connectivity index (χ2n) is 4.42.